The maximum atomic E-state index is 11.8. The van der Waals surface area contributed by atoms with Gasteiger partial charge in [-0.2, -0.15) is 0 Å². The van der Waals surface area contributed by atoms with Gasteiger partial charge in [0.25, 0.3) is 0 Å². The van der Waals surface area contributed by atoms with E-state index in [9.17, 15) is 4.79 Å². The number of carbonyl (C=O) groups is 1. The highest BCUT2D eigenvalue weighted by atomic mass is 16.7. The maximum Gasteiger partial charge on any atom is 0.341 e. The number of esters is 1. The van der Waals surface area contributed by atoms with Gasteiger partial charge in [0.1, 0.15) is 5.60 Å². The van der Waals surface area contributed by atoms with Crippen molar-refractivity contribution in [1.82, 2.24) is 0 Å². The first-order valence-corrected chi connectivity index (χ1v) is 5.75. The molecule has 3 nitrogen and oxygen atoms in total. The molecule has 1 saturated carbocycles. The van der Waals surface area contributed by atoms with Crippen LogP contribution < -0.4 is 0 Å². The van der Waals surface area contributed by atoms with E-state index in [1.54, 1.807) is 0 Å². The molecule has 1 aliphatic carbocycles. The number of rotatable bonds is 4. The van der Waals surface area contributed by atoms with Crippen LogP contribution in [0.1, 0.15) is 40.0 Å². The summed E-state index contributed by atoms with van der Waals surface area (Å²) in [5.41, 5.74) is -0.959. The third kappa shape index (κ3) is 1.48. The predicted octanol–water partition coefficient (Wildman–Crippen LogP) is 2.14. The van der Waals surface area contributed by atoms with Gasteiger partial charge in [-0.1, -0.05) is 26.7 Å². The predicted molar refractivity (Wildman–Crippen MR) is 56.4 cm³/mol. The molecule has 0 aromatic rings. The normalized spacial score (nSPS) is 39.3. The van der Waals surface area contributed by atoms with Crippen molar-refractivity contribution in [3.05, 3.63) is 0 Å². The molecule has 0 spiro atoms. The molecule has 0 amide bonds. The minimum atomic E-state index is -0.676. The Labute approximate surface area is 91.1 Å². The summed E-state index contributed by atoms with van der Waals surface area (Å²) in [7, 11) is 1.44. The number of methoxy groups -OCH3 is 1. The monoisotopic (exact) mass is 212 g/mol. The first-order chi connectivity index (χ1) is 6.96. The lowest BCUT2D eigenvalue weighted by Gasteiger charge is -2.18. The Bertz CT molecular complexity index is 283. The Hall–Kier alpha value is -0.570. The van der Waals surface area contributed by atoms with Gasteiger partial charge in [0.2, 0.25) is 0 Å². The summed E-state index contributed by atoms with van der Waals surface area (Å²) in [5.74, 6) is 0.731. The summed E-state index contributed by atoms with van der Waals surface area (Å²) in [6.07, 6.45) is 3.57. The van der Waals surface area contributed by atoms with E-state index in [1.165, 1.54) is 20.0 Å². The van der Waals surface area contributed by atoms with E-state index >= 15 is 0 Å². The van der Waals surface area contributed by atoms with E-state index in [1.807, 2.05) is 20.8 Å². The average molecular weight is 212 g/mol. The molecular formula is C12H20O3. The molecule has 0 aromatic heterocycles. The Balaban J connectivity index is 2.13. The first-order valence-electron chi connectivity index (χ1n) is 5.75. The molecule has 2 aliphatic rings. The maximum absolute atomic E-state index is 11.8. The molecule has 2 atom stereocenters. The number of hydrogen-bond donors (Lipinski definition) is 0. The lowest BCUT2D eigenvalue weighted by molar-refractivity contribution is -0.148. The zero-order valence-electron chi connectivity index (χ0n) is 10.0. The molecule has 1 saturated heterocycles. The van der Waals surface area contributed by atoms with E-state index in [2.05, 4.69) is 0 Å². The summed E-state index contributed by atoms with van der Waals surface area (Å²) in [4.78, 5) is 11.8. The van der Waals surface area contributed by atoms with Gasteiger partial charge in [-0.25, -0.2) is 4.79 Å². The minimum Gasteiger partial charge on any atom is -0.467 e. The summed E-state index contributed by atoms with van der Waals surface area (Å²) < 4.78 is 10.7. The van der Waals surface area contributed by atoms with Crippen LogP contribution in [0.15, 0.2) is 0 Å². The van der Waals surface area contributed by atoms with Gasteiger partial charge in [-0.05, 0) is 25.2 Å². The molecule has 0 aromatic carbocycles. The Morgan fingerprint density at radius 1 is 1.53 bits per heavy atom. The minimum absolute atomic E-state index is 0.175. The van der Waals surface area contributed by atoms with Crippen LogP contribution in [0.25, 0.3) is 0 Å². The van der Waals surface area contributed by atoms with Crippen molar-refractivity contribution < 1.29 is 14.3 Å². The number of carbonyl (C=O) groups excluding carboxylic acids is 1. The zero-order valence-corrected chi connectivity index (χ0v) is 10.0. The number of ether oxygens (including phenoxy) is 2. The van der Waals surface area contributed by atoms with Crippen LogP contribution in [0.4, 0.5) is 0 Å². The van der Waals surface area contributed by atoms with E-state index in [-0.39, 0.29) is 17.5 Å². The summed E-state index contributed by atoms with van der Waals surface area (Å²) in [5, 5.41) is 0. The van der Waals surface area contributed by atoms with Crippen molar-refractivity contribution in [2.24, 2.45) is 11.8 Å². The third-order valence-electron chi connectivity index (χ3n) is 3.81. The molecule has 2 fully saturated rings. The second-order valence-corrected chi connectivity index (χ2v) is 5.36. The van der Waals surface area contributed by atoms with Gasteiger partial charge >= 0.3 is 5.97 Å². The Morgan fingerprint density at radius 2 is 2.13 bits per heavy atom. The standard InChI is InChI=1S/C12H20O3/c1-8(2)12(10(13)14-4)11(3,15-12)7-9-5-6-9/h8-9H,5-7H2,1-4H3. The van der Waals surface area contributed by atoms with Crippen molar-refractivity contribution in [3.63, 3.8) is 0 Å². The zero-order chi connectivity index (χ0) is 11.3. The highest BCUT2D eigenvalue weighted by Crippen LogP contribution is 2.59. The molecule has 3 heteroatoms. The van der Waals surface area contributed by atoms with Crippen LogP contribution >= 0.6 is 0 Å². The number of hydrogen-bond acceptors (Lipinski definition) is 3. The quantitative estimate of drug-likeness (QED) is 0.529. The SMILES string of the molecule is COC(=O)C1(C(C)C)OC1(C)CC1CC1. The molecular weight excluding hydrogens is 192 g/mol. The fraction of sp³-hybridized carbons (Fsp3) is 0.917. The Morgan fingerprint density at radius 3 is 2.53 bits per heavy atom. The van der Waals surface area contributed by atoms with Crippen LogP contribution in [0.5, 0.6) is 0 Å². The lowest BCUT2D eigenvalue weighted by Crippen LogP contribution is -2.38. The smallest absolute Gasteiger partial charge is 0.341 e. The molecule has 15 heavy (non-hydrogen) atoms. The van der Waals surface area contributed by atoms with Crippen LogP contribution in [0, 0.1) is 11.8 Å². The van der Waals surface area contributed by atoms with Crippen molar-refractivity contribution in [2.75, 3.05) is 7.11 Å². The molecule has 1 heterocycles. The topological polar surface area (TPSA) is 38.8 Å². The molecule has 1 aliphatic heterocycles. The molecule has 0 N–H and O–H groups in total. The van der Waals surface area contributed by atoms with Crippen molar-refractivity contribution in [2.45, 2.75) is 51.2 Å². The third-order valence-corrected chi connectivity index (χ3v) is 3.81. The molecule has 86 valence electrons. The Kier molecular flexibility index (Phi) is 2.34. The van der Waals surface area contributed by atoms with Crippen LogP contribution in [-0.2, 0) is 14.3 Å². The fourth-order valence-electron chi connectivity index (χ4n) is 2.77. The van der Waals surface area contributed by atoms with E-state index in [4.69, 9.17) is 9.47 Å². The highest BCUT2D eigenvalue weighted by Gasteiger charge is 2.74. The van der Waals surface area contributed by atoms with Crippen LogP contribution in [0.2, 0.25) is 0 Å². The van der Waals surface area contributed by atoms with Crippen LogP contribution in [0.3, 0.4) is 0 Å². The second-order valence-electron chi connectivity index (χ2n) is 5.36. The van der Waals surface area contributed by atoms with Crippen LogP contribution in [-0.4, -0.2) is 24.3 Å². The van der Waals surface area contributed by atoms with E-state index < -0.39 is 5.60 Å². The highest BCUT2D eigenvalue weighted by molar-refractivity contribution is 5.85. The molecule has 0 radical (unpaired) electrons. The van der Waals surface area contributed by atoms with Gasteiger partial charge in [0.05, 0.1) is 7.11 Å². The summed E-state index contributed by atoms with van der Waals surface area (Å²) in [6, 6.07) is 0. The van der Waals surface area contributed by atoms with Gasteiger partial charge in [0.15, 0.2) is 5.60 Å². The number of epoxide rings is 1. The lowest BCUT2D eigenvalue weighted by atomic mass is 9.81. The van der Waals surface area contributed by atoms with Gasteiger partial charge in [-0.3, -0.25) is 0 Å². The molecule has 0 bridgehead atoms. The van der Waals surface area contributed by atoms with Crippen molar-refractivity contribution in [1.29, 1.82) is 0 Å². The molecule has 2 unspecified atom stereocenters. The fourth-order valence-corrected chi connectivity index (χ4v) is 2.77. The summed E-state index contributed by atoms with van der Waals surface area (Å²) in [6.45, 7) is 6.09. The van der Waals surface area contributed by atoms with Gasteiger partial charge < -0.3 is 9.47 Å². The van der Waals surface area contributed by atoms with E-state index in [0.29, 0.717) is 0 Å². The second kappa shape index (κ2) is 3.21. The van der Waals surface area contributed by atoms with Gasteiger partial charge in [0, 0.05) is 0 Å². The average Bonchev–Trinajstić information content (AvgIpc) is 3.04. The van der Waals surface area contributed by atoms with Gasteiger partial charge in [-0.15, -0.1) is 0 Å². The van der Waals surface area contributed by atoms with Crippen molar-refractivity contribution in [3.8, 4) is 0 Å². The van der Waals surface area contributed by atoms with Crippen molar-refractivity contribution >= 4 is 5.97 Å². The summed E-state index contributed by atoms with van der Waals surface area (Å²) >= 11 is 0. The molecule has 2 rings (SSSR count). The first kappa shape index (κ1) is 10.9. The largest absolute Gasteiger partial charge is 0.467 e. The van der Waals surface area contributed by atoms with E-state index in [0.717, 1.165) is 12.3 Å².